The second kappa shape index (κ2) is 9.65. The van der Waals surface area contributed by atoms with Crippen LogP contribution in [0.15, 0.2) is 36.4 Å². The first kappa shape index (κ1) is 23.9. The molecule has 1 aliphatic heterocycles. The maximum atomic E-state index is 12.6. The fourth-order valence-corrected chi connectivity index (χ4v) is 5.87. The Labute approximate surface area is 210 Å². The van der Waals surface area contributed by atoms with Crippen molar-refractivity contribution >= 4 is 28.8 Å². The predicted molar refractivity (Wildman–Crippen MR) is 135 cm³/mol. The van der Waals surface area contributed by atoms with Crippen molar-refractivity contribution in [3.8, 4) is 6.07 Å². The van der Waals surface area contributed by atoms with Crippen molar-refractivity contribution in [2.45, 2.75) is 64.0 Å². The lowest BCUT2D eigenvalue weighted by molar-refractivity contribution is -0.143. The number of carbonyl (C=O) groups is 2. The topological polar surface area (TPSA) is 108 Å². The van der Waals surface area contributed by atoms with Gasteiger partial charge < -0.3 is 14.4 Å². The standard InChI is InChI=1S/C28H30N4O4/c1-17-6-11-22-23(31(17)28(35)36-2)12-13-24-26(22)30-25(15-18-4-3-5-19(14-18)16-29)32(24)21-9-7-20(8-10-21)27(33)34/h3-5,12-14,17,20-21H,6-11,15H2,1-2H3,(H,33,34). The molecule has 1 saturated carbocycles. The summed E-state index contributed by atoms with van der Waals surface area (Å²) in [5.74, 6) is -0.117. The van der Waals surface area contributed by atoms with Gasteiger partial charge >= 0.3 is 12.1 Å². The van der Waals surface area contributed by atoms with E-state index in [0.717, 1.165) is 59.4 Å². The molecule has 2 heterocycles. The number of benzene rings is 2. The summed E-state index contributed by atoms with van der Waals surface area (Å²) in [7, 11) is 1.40. The minimum atomic E-state index is -0.719. The number of methoxy groups -OCH3 is 1. The average Bonchev–Trinajstić information content (AvgIpc) is 3.26. The van der Waals surface area contributed by atoms with Crippen LogP contribution in [0.2, 0.25) is 0 Å². The Morgan fingerprint density at radius 2 is 1.94 bits per heavy atom. The van der Waals surface area contributed by atoms with Gasteiger partial charge in [-0.3, -0.25) is 9.69 Å². The number of nitrogens with zero attached hydrogens (tertiary/aromatic N) is 4. The van der Waals surface area contributed by atoms with E-state index in [-0.39, 0.29) is 24.1 Å². The Morgan fingerprint density at radius 3 is 2.64 bits per heavy atom. The zero-order chi connectivity index (χ0) is 25.4. The molecule has 2 aliphatic rings. The predicted octanol–water partition coefficient (Wildman–Crippen LogP) is 5.22. The lowest BCUT2D eigenvalue weighted by Crippen LogP contribution is -2.42. The summed E-state index contributed by atoms with van der Waals surface area (Å²) in [6, 6.07) is 14.0. The van der Waals surface area contributed by atoms with Crippen LogP contribution >= 0.6 is 0 Å². The van der Waals surface area contributed by atoms with Crippen LogP contribution in [0.1, 0.15) is 67.6 Å². The lowest BCUT2D eigenvalue weighted by atomic mass is 9.85. The second-order valence-corrected chi connectivity index (χ2v) is 9.89. The van der Waals surface area contributed by atoms with E-state index in [0.29, 0.717) is 24.8 Å². The lowest BCUT2D eigenvalue weighted by Gasteiger charge is -2.34. The highest BCUT2D eigenvalue weighted by molar-refractivity contribution is 5.95. The number of nitriles is 1. The van der Waals surface area contributed by atoms with E-state index in [4.69, 9.17) is 9.72 Å². The van der Waals surface area contributed by atoms with Gasteiger partial charge in [0.05, 0.1) is 41.4 Å². The fourth-order valence-electron chi connectivity index (χ4n) is 5.87. The fraction of sp³-hybridized carbons (Fsp3) is 0.429. The van der Waals surface area contributed by atoms with Crippen LogP contribution in [0.3, 0.4) is 0 Å². The molecule has 1 atom stereocenters. The molecule has 1 aromatic heterocycles. The average molecular weight is 487 g/mol. The molecule has 0 bridgehead atoms. The number of aromatic nitrogens is 2. The molecule has 0 saturated heterocycles. The van der Waals surface area contributed by atoms with E-state index in [2.05, 4.69) is 10.6 Å². The van der Waals surface area contributed by atoms with E-state index in [1.165, 1.54) is 7.11 Å². The smallest absolute Gasteiger partial charge is 0.414 e. The number of carbonyl (C=O) groups excluding carboxylic acids is 1. The van der Waals surface area contributed by atoms with Gasteiger partial charge in [-0.1, -0.05) is 12.1 Å². The second-order valence-electron chi connectivity index (χ2n) is 9.89. The quantitative estimate of drug-likeness (QED) is 0.541. The Kier molecular flexibility index (Phi) is 6.40. The van der Waals surface area contributed by atoms with Crippen LogP contribution in [0.4, 0.5) is 10.5 Å². The van der Waals surface area contributed by atoms with Gasteiger partial charge in [-0.05, 0) is 75.3 Å². The van der Waals surface area contributed by atoms with Gasteiger partial charge in [0.15, 0.2) is 0 Å². The number of anilines is 1. The molecule has 1 unspecified atom stereocenters. The maximum Gasteiger partial charge on any atom is 0.414 e. The molecule has 8 heteroatoms. The van der Waals surface area contributed by atoms with Gasteiger partial charge in [0.2, 0.25) is 0 Å². The molecule has 8 nitrogen and oxygen atoms in total. The highest BCUT2D eigenvalue weighted by atomic mass is 16.5. The van der Waals surface area contributed by atoms with E-state index in [1.54, 1.807) is 11.0 Å². The van der Waals surface area contributed by atoms with Crippen molar-refractivity contribution in [2.24, 2.45) is 5.92 Å². The van der Waals surface area contributed by atoms with Crippen molar-refractivity contribution in [3.63, 3.8) is 0 Å². The van der Waals surface area contributed by atoms with Gasteiger partial charge in [-0.25, -0.2) is 9.78 Å². The number of aryl methyl sites for hydroxylation is 1. The number of fused-ring (bicyclic) bond motifs is 3. The van der Waals surface area contributed by atoms with Crippen LogP contribution in [0.5, 0.6) is 0 Å². The van der Waals surface area contributed by atoms with Crippen molar-refractivity contribution in [3.05, 3.63) is 58.9 Å². The van der Waals surface area contributed by atoms with E-state index in [1.807, 2.05) is 37.3 Å². The number of imidazole rings is 1. The van der Waals surface area contributed by atoms with Crippen molar-refractivity contribution in [1.29, 1.82) is 5.26 Å². The summed E-state index contributed by atoms with van der Waals surface area (Å²) in [5.41, 5.74) is 5.39. The van der Waals surface area contributed by atoms with E-state index < -0.39 is 5.97 Å². The highest BCUT2D eigenvalue weighted by Gasteiger charge is 2.33. The maximum absolute atomic E-state index is 12.6. The summed E-state index contributed by atoms with van der Waals surface area (Å²) < 4.78 is 7.36. The van der Waals surface area contributed by atoms with Crippen LogP contribution < -0.4 is 4.90 Å². The number of aliphatic carboxylic acids is 1. The Balaban J connectivity index is 1.62. The van der Waals surface area contributed by atoms with Gasteiger partial charge in [0.25, 0.3) is 0 Å². The van der Waals surface area contributed by atoms with Gasteiger partial charge in [0, 0.05) is 24.1 Å². The number of hydrogen-bond donors (Lipinski definition) is 1. The zero-order valence-corrected chi connectivity index (χ0v) is 20.6. The number of carboxylic acid groups (broad SMARTS) is 1. The SMILES string of the molecule is COC(=O)N1c2ccc3c(nc(Cc4cccc(C#N)c4)n3C3CCC(C(=O)O)CC3)c2CCC1C. The molecular formula is C28H30N4O4. The summed E-state index contributed by atoms with van der Waals surface area (Å²) in [6.45, 7) is 2.02. The molecule has 1 aliphatic carbocycles. The van der Waals surface area contributed by atoms with Crippen LogP contribution in [0.25, 0.3) is 11.0 Å². The summed E-state index contributed by atoms with van der Waals surface area (Å²) in [4.78, 5) is 31.0. The first-order chi connectivity index (χ1) is 17.4. The number of carboxylic acids is 1. The molecule has 2 aromatic carbocycles. The molecule has 3 aromatic rings. The normalized spacial score (nSPS) is 21.6. The third-order valence-electron chi connectivity index (χ3n) is 7.73. The Hall–Kier alpha value is -3.86. The number of hydrogen-bond acceptors (Lipinski definition) is 5. The summed E-state index contributed by atoms with van der Waals surface area (Å²) in [6.07, 6.45) is 4.65. The molecule has 186 valence electrons. The first-order valence-corrected chi connectivity index (χ1v) is 12.5. The molecule has 1 N–H and O–H groups in total. The van der Waals surface area contributed by atoms with E-state index >= 15 is 0 Å². The number of amides is 1. The first-order valence-electron chi connectivity index (χ1n) is 12.5. The monoisotopic (exact) mass is 486 g/mol. The minimum absolute atomic E-state index is 0.0315. The molecular weight excluding hydrogens is 456 g/mol. The van der Waals surface area contributed by atoms with Gasteiger partial charge in [-0.2, -0.15) is 5.26 Å². The van der Waals surface area contributed by atoms with Crippen LogP contribution in [-0.2, 0) is 22.4 Å². The Bertz CT molecular complexity index is 1360. The zero-order valence-electron chi connectivity index (χ0n) is 20.6. The largest absolute Gasteiger partial charge is 0.481 e. The van der Waals surface area contributed by atoms with Crippen LogP contribution in [-0.4, -0.2) is 39.9 Å². The minimum Gasteiger partial charge on any atom is -0.481 e. The van der Waals surface area contributed by atoms with Crippen molar-refractivity contribution in [2.75, 3.05) is 12.0 Å². The third kappa shape index (κ3) is 4.19. The number of rotatable bonds is 4. The van der Waals surface area contributed by atoms with Crippen LogP contribution in [0, 0.1) is 17.2 Å². The Morgan fingerprint density at radius 1 is 1.17 bits per heavy atom. The van der Waals surface area contributed by atoms with Gasteiger partial charge in [-0.15, -0.1) is 0 Å². The molecule has 1 fully saturated rings. The molecule has 1 amide bonds. The van der Waals surface area contributed by atoms with Gasteiger partial charge in [0.1, 0.15) is 5.82 Å². The molecule has 0 radical (unpaired) electrons. The molecule has 36 heavy (non-hydrogen) atoms. The molecule has 5 rings (SSSR count). The van der Waals surface area contributed by atoms with Crippen molar-refractivity contribution in [1.82, 2.24) is 9.55 Å². The highest BCUT2D eigenvalue weighted by Crippen LogP contribution is 2.40. The van der Waals surface area contributed by atoms with E-state index in [9.17, 15) is 20.0 Å². The summed E-state index contributed by atoms with van der Waals surface area (Å²) >= 11 is 0. The third-order valence-corrected chi connectivity index (χ3v) is 7.73. The molecule has 0 spiro atoms. The van der Waals surface area contributed by atoms with Crippen molar-refractivity contribution < 1.29 is 19.4 Å². The summed E-state index contributed by atoms with van der Waals surface area (Å²) in [5, 5.41) is 18.8. The number of ether oxygens (including phenoxy) is 1.